The van der Waals surface area contributed by atoms with Gasteiger partial charge in [-0.25, -0.2) is 0 Å². The Morgan fingerprint density at radius 3 is 2.18 bits per heavy atom. The molecule has 2 aliphatic rings. The first-order valence-corrected chi connectivity index (χ1v) is 8.74. The van der Waals surface area contributed by atoms with Gasteiger partial charge >= 0.3 is 0 Å². The molecule has 3 unspecified atom stereocenters. The van der Waals surface area contributed by atoms with Gasteiger partial charge in [0.2, 0.25) is 0 Å². The predicted molar refractivity (Wildman–Crippen MR) is 55.2 cm³/mol. The molecule has 0 aromatic carbocycles. The molecular weight excluding hydrogens is 218 g/mol. The van der Waals surface area contributed by atoms with Crippen molar-refractivity contribution in [3.05, 3.63) is 0 Å². The number of hydrogen-bond acceptors (Lipinski definition) is 1. The third-order valence-electron chi connectivity index (χ3n) is 3.09. The predicted octanol–water partition coefficient (Wildman–Crippen LogP) is 3.96. The van der Waals surface area contributed by atoms with E-state index in [1.54, 1.807) is 0 Å². The molecule has 0 aromatic rings. The zero-order valence-electron chi connectivity index (χ0n) is 6.17. The topological polar surface area (TPSA) is 0 Å². The maximum atomic E-state index is 6.02. The zero-order chi connectivity index (χ0) is 8.06. The summed E-state index contributed by atoms with van der Waals surface area (Å²) in [4.78, 5) is 0. The molecule has 0 radical (unpaired) electrons. The Hall–Kier alpha value is 1.23. The summed E-state index contributed by atoms with van der Waals surface area (Å²) < 4.78 is -1.98. The van der Waals surface area contributed by atoms with Gasteiger partial charge in [0.05, 0.1) is 0 Å². The van der Waals surface area contributed by atoms with Gasteiger partial charge in [0.15, 0.2) is 0 Å². The van der Waals surface area contributed by atoms with E-state index in [9.17, 15) is 0 Å². The summed E-state index contributed by atoms with van der Waals surface area (Å²) >= 11 is 17.2. The molecule has 2 rings (SSSR count). The third-order valence-corrected chi connectivity index (χ3v) is 6.81. The molecule has 0 N–H and O–H groups in total. The van der Waals surface area contributed by atoms with E-state index in [0.29, 0.717) is 5.66 Å². The van der Waals surface area contributed by atoms with Crippen molar-refractivity contribution in [2.45, 2.75) is 31.3 Å². The van der Waals surface area contributed by atoms with Crippen molar-refractivity contribution in [2.75, 3.05) is 0 Å². The van der Waals surface area contributed by atoms with E-state index in [1.807, 2.05) is 0 Å². The number of hydrogen-bond donors (Lipinski definition) is 0. The van der Waals surface area contributed by atoms with E-state index in [4.69, 9.17) is 34.3 Å². The molecule has 2 fully saturated rings. The number of rotatable bonds is 1. The van der Waals surface area contributed by atoms with Gasteiger partial charge in [-0.1, -0.05) is 40.7 Å². The van der Waals surface area contributed by atoms with Crippen molar-refractivity contribution < 1.29 is 0 Å². The Kier molecular flexibility index (Phi) is 2.30. The van der Waals surface area contributed by atoms with E-state index >= 15 is 0 Å². The first-order chi connectivity index (χ1) is 5.07. The minimum absolute atomic E-state index is 0.500. The summed E-state index contributed by atoms with van der Waals surface area (Å²) in [5.74, 6) is 1.69. The van der Waals surface area contributed by atoms with Gasteiger partial charge in [-0.15, -0.1) is 0 Å². The Balaban J connectivity index is 2.14. The molecular formula is C7H11Cl2PS. The molecule has 0 saturated heterocycles. The van der Waals surface area contributed by atoms with E-state index in [-0.39, 0.29) is 0 Å². The molecule has 3 atom stereocenters. The molecule has 0 nitrogen and oxygen atoms in total. The molecule has 0 aliphatic heterocycles. The minimum Gasteiger partial charge on any atom is -0.0680 e. The van der Waals surface area contributed by atoms with Crippen molar-refractivity contribution in [2.24, 2.45) is 11.8 Å². The van der Waals surface area contributed by atoms with E-state index in [0.717, 1.165) is 11.8 Å². The molecule has 0 heterocycles. The van der Waals surface area contributed by atoms with Crippen LogP contribution in [0.5, 0.6) is 0 Å². The zero-order valence-corrected chi connectivity index (χ0v) is 9.39. The summed E-state index contributed by atoms with van der Waals surface area (Å²) in [7, 11) is 0. The molecule has 2 saturated carbocycles. The van der Waals surface area contributed by atoms with Crippen LogP contribution in [0.25, 0.3) is 0 Å². The molecule has 11 heavy (non-hydrogen) atoms. The molecule has 2 bridgehead atoms. The summed E-state index contributed by atoms with van der Waals surface area (Å²) in [6, 6.07) is 0. The molecule has 4 heteroatoms. The van der Waals surface area contributed by atoms with Crippen LogP contribution in [0.15, 0.2) is 0 Å². The maximum Gasteiger partial charge on any atom is 0.123 e. The summed E-state index contributed by atoms with van der Waals surface area (Å²) in [5, 5.41) is 0. The summed E-state index contributed by atoms with van der Waals surface area (Å²) in [5.41, 5.74) is 0.500. The van der Waals surface area contributed by atoms with Crippen LogP contribution in [0.4, 0.5) is 0 Å². The van der Waals surface area contributed by atoms with Gasteiger partial charge in [-0.2, -0.15) is 0 Å². The van der Waals surface area contributed by atoms with Crippen molar-refractivity contribution >= 4 is 39.0 Å². The highest BCUT2D eigenvalue weighted by atomic mass is 35.9. The highest BCUT2D eigenvalue weighted by Gasteiger charge is 2.44. The smallest absolute Gasteiger partial charge is 0.0680 e. The highest BCUT2D eigenvalue weighted by Crippen LogP contribution is 2.69. The van der Waals surface area contributed by atoms with Crippen molar-refractivity contribution in [3.8, 4) is 0 Å². The fourth-order valence-electron chi connectivity index (χ4n) is 2.58. The van der Waals surface area contributed by atoms with E-state index < -0.39 is 4.74 Å². The van der Waals surface area contributed by atoms with Crippen LogP contribution < -0.4 is 0 Å². The Morgan fingerprint density at radius 1 is 1.18 bits per heavy atom. The van der Waals surface area contributed by atoms with Gasteiger partial charge in [-0.3, -0.25) is 0 Å². The van der Waals surface area contributed by atoms with Crippen molar-refractivity contribution in [1.29, 1.82) is 0 Å². The second-order valence-corrected chi connectivity index (χ2v) is 12.1. The van der Waals surface area contributed by atoms with Gasteiger partial charge in [0.1, 0.15) is 4.74 Å². The van der Waals surface area contributed by atoms with Crippen LogP contribution in [0.3, 0.4) is 0 Å². The standard InChI is InChI=1S/C7H11Cl2PS/c8-10(9,11)7-4-5-1-2-6(7)3-5/h5-7H,1-4H2. The summed E-state index contributed by atoms with van der Waals surface area (Å²) in [6.45, 7) is 0. The molecule has 0 spiro atoms. The summed E-state index contributed by atoms with van der Waals surface area (Å²) in [6.07, 6.45) is 5.29. The third kappa shape index (κ3) is 1.63. The van der Waals surface area contributed by atoms with Crippen LogP contribution in [0.1, 0.15) is 25.7 Å². The van der Waals surface area contributed by atoms with Gasteiger partial charge in [0, 0.05) is 5.66 Å². The monoisotopic (exact) mass is 228 g/mol. The van der Waals surface area contributed by atoms with Crippen molar-refractivity contribution in [1.82, 2.24) is 0 Å². The first-order valence-electron chi connectivity index (χ1n) is 4.06. The van der Waals surface area contributed by atoms with Crippen LogP contribution in [-0.2, 0) is 11.8 Å². The fourth-order valence-corrected chi connectivity index (χ4v) is 6.09. The molecule has 64 valence electrons. The lowest BCUT2D eigenvalue weighted by molar-refractivity contribution is 0.490. The fraction of sp³-hybridized carbons (Fsp3) is 1.00. The largest absolute Gasteiger partial charge is 0.123 e. The minimum atomic E-state index is -1.98. The Labute approximate surface area is 82.2 Å². The van der Waals surface area contributed by atoms with Crippen LogP contribution in [-0.4, -0.2) is 5.66 Å². The second kappa shape index (κ2) is 2.87. The van der Waals surface area contributed by atoms with Crippen LogP contribution >= 0.6 is 27.2 Å². The van der Waals surface area contributed by atoms with E-state index in [2.05, 4.69) is 0 Å². The lowest BCUT2D eigenvalue weighted by Gasteiger charge is -2.24. The molecule has 0 amide bonds. The highest BCUT2D eigenvalue weighted by molar-refractivity contribution is 8.39. The quantitative estimate of drug-likeness (QED) is 0.613. The lowest BCUT2D eigenvalue weighted by atomic mass is 10.0. The Bertz CT molecular complexity index is 212. The molecule has 2 aliphatic carbocycles. The average Bonchev–Trinajstić information content (AvgIpc) is 2.42. The Morgan fingerprint density at radius 2 is 1.91 bits per heavy atom. The van der Waals surface area contributed by atoms with E-state index in [1.165, 1.54) is 25.7 Å². The number of halogens is 2. The second-order valence-electron chi connectivity index (χ2n) is 3.74. The SMILES string of the molecule is S=P(Cl)(Cl)C1CC2CCC1C2. The molecule has 0 aromatic heterocycles. The van der Waals surface area contributed by atoms with Crippen LogP contribution in [0, 0.1) is 11.8 Å². The van der Waals surface area contributed by atoms with Crippen molar-refractivity contribution in [3.63, 3.8) is 0 Å². The van der Waals surface area contributed by atoms with Gasteiger partial charge in [-0.05, 0) is 31.1 Å². The van der Waals surface area contributed by atoms with Crippen LogP contribution in [0.2, 0.25) is 0 Å². The normalized spacial score (nSPS) is 43.3. The van der Waals surface area contributed by atoms with Gasteiger partial charge in [0.25, 0.3) is 0 Å². The number of fused-ring (bicyclic) bond motifs is 2. The maximum absolute atomic E-state index is 6.02. The van der Waals surface area contributed by atoms with Gasteiger partial charge < -0.3 is 0 Å². The average molecular weight is 229 g/mol. The lowest BCUT2D eigenvalue weighted by Crippen LogP contribution is -2.12. The first kappa shape index (κ1) is 8.81.